The molecule has 4 heteroatoms. The summed E-state index contributed by atoms with van der Waals surface area (Å²) in [7, 11) is 1.94. The Morgan fingerprint density at radius 2 is 2.44 bits per heavy atom. The SMILES string of the molecule is CNC1CCN(C(=O)c2ncccc2C)C1. The van der Waals surface area contributed by atoms with Crippen molar-refractivity contribution >= 4 is 5.91 Å². The van der Waals surface area contributed by atoms with Crippen molar-refractivity contribution < 1.29 is 4.79 Å². The lowest BCUT2D eigenvalue weighted by atomic mass is 10.2. The molecule has 1 N–H and O–H groups in total. The van der Waals surface area contributed by atoms with Gasteiger partial charge in [0.05, 0.1) is 0 Å². The van der Waals surface area contributed by atoms with E-state index in [4.69, 9.17) is 0 Å². The Labute approximate surface area is 95.7 Å². The first kappa shape index (κ1) is 11.1. The second kappa shape index (κ2) is 4.61. The van der Waals surface area contributed by atoms with Gasteiger partial charge in [-0.1, -0.05) is 6.07 Å². The molecular formula is C12H17N3O. The van der Waals surface area contributed by atoms with E-state index in [9.17, 15) is 4.79 Å². The Kier molecular flexibility index (Phi) is 3.19. The number of carbonyl (C=O) groups is 1. The first-order chi connectivity index (χ1) is 7.72. The first-order valence-electron chi connectivity index (χ1n) is 5.60. The van der Waals surface area contributed by atoms with E-state index < -0.39 is 0 Å². The number of likely N-dealkylation sites (tertiary alicyclic amines) is 1. The zero-order chi connectivity index (χ0) is 11.5. The van der Waals surface area contributed by atoms with E-state index in [1.54, 1.807) is 6.20 Å². The fourth-order valence-electron chi connectivity index (χ4n) is 2.04. The Hall–Kier alpha value is -1.42. The molecule has 1 aromatic rings. The van der Waals surface area contributed by atoms with E-state index in [2.05, 4.69) is 10.3 Å². The standard InChI is InChI=1S/C12H17N3O/c1-9-4-3-6-14-11(9)12(16)15-7-5-10(8-15)13-2/h3-4,6,10,13H,5,7-8H2,1-2H3. The molecule has 86 valence electrons. The van der Waals surface area contributed by atoms with E-state index in [0.717, 1.165) is 25.1 Å². The number of amides is 1. The largest absolute Gasteiger partial charge is 0.336 e. The van der Waals surface area contributed by atoms with E-state index >= 15 is 0 Å². The minimum Gasteiger partial charge on any atom is -0.336 e. The van der Waals surface area contributed by atoms with Crippen LogP contribution in [0.4, 0.5) is 0 Å². The summed E-state index contributed by atoms with van der Waals surface area (Å²) in [5.41, 5.74) is 1.53. The van der Waals surface area contributed by atoms with Gasteiger partial charge in [-0.3, -0.25) is 9.78 Å². The van der Waals surface area contributed by atoms with Crippen LogP contribution in [0.2, 0.25) is 0 Å². The highest BCUT2D eigenvalue weighted by Crippen LogP contribution is 2.14. The van der Waals surface area contributed by atoms with Crippen LogP contribution < -0.4 is 5.32 Å². The van der Waals surface area contributed by atoms with Crippen LogP contribution in [0.5, 0.6) is 0 Å². The van der Waals surface area contributed by atoms with Gasteiger partial charge in [-0.2, -0.15) is 0 Å². The first-order valence-corrected chi connectivity index (χ1v) is 5.60. The highest BCUT2D eigenvalue weighted by Gasteiger charge is 2.27. The van der Waals surface area contributed by atoms with Crippen molar-refractivity contribution in [2.24, 2.45) is 0 Å². The summed E-state index contributed by atoms with van der Waals surface area (Å²) >= 11 is 0. The Balaban J connectivity index is 2.12. The predicted octanol–water partition coefficient (Wildman–Crippen LogP) is 0.824. The maximum atomic E-state index is 12.2. The lowest BCUT2D eigenvalue weighted by molar-refractivity contribution is 0.0783. The van der Waals surface area contributed by atoms with Gasteiger partial charge in [-0.15, -0.1) is 0 Å². The summed E-state index contributed by atoms with van der Waals surface area (Å²) in [6, 6.07) is 4.20. The number of aromatic nitrogens is 1. The number of rotatable bonds is 2. The van der Waals surface area contributed by atoms with E-state index in [-0.39, 0.29) is 5.91 Å². The molecule has 0 spiro atoms. The van der Waals surface area contributed by atoms with Gasteiger partial charge in [0.2, 0.25) is 0 Å². The van der Waals surface area contributed by atoms with Crippen molar-refractivity contribution in [3.63, 3.8) is 0 Å². The third-order valence-corrected chi connectivity index (χ3v) is 3.10. The zero-order valence-corrected chi connectivity index (χ0v) is 9.73. The fourth-order valence-corrected chi connectivity index (χ4v) is 2.04. The van der Waals surface area contributed by atoms with Gasteiger partial charge in [0.1, 0.15) is 5.69 Å². The molecule has 1 saturated heterocycles. The van der Waals surface area contributed by atoms with E-state index in [0.29, 0.717) is 11.7 Å². The number of likely N-dealkylation sites (N-methyl/N-ethyl adjacent to an activating group) is 1. The molecule has 1 aromatic heterocycles. The van der Waals surface area contributed by atoms with Crippen LogP contribution in [0.15, 0.2) is 18.3 Å². The number of nitrogens with one attached hydrogen (secondary N) is 1. The molecule has 2 heterocycles. The van der Waals surface area contributed by atoms with Gasteiger partial charge < -0.3 is 10.2 Å². The second-order valence-corrected chi connectivity index (χ2v) is 4.19. The Bertz CT molecular complexity index is 392. The molecule has 1 aliphatic heterocycles. The van der Waals surface area contributed by atoms with Crippen molar-refractivity contribution in [1.29, 1.82) is 0 Å². The molecule has 1 atom stereocenters. The highest BCUT2D eigenvalue weighted by molar-refractivity contribution is 5.93. The maximum Gasteiger partial charge on any atom is 0.272 e. The summed E-state index contributed by atoms with van der Waals surface area (Å²) in [6.07, 6.45) is 2.69. The van der Waals surface area contributed by atoms with Gasteiger partial charge in [0.25, 0.3) is 5.91 Å². The number of nitrogens with zero attached hydrogens (tertiary/aromatic N) is 2. The third-order valence-electron chi connectivity index (χ3n) is 3.10. The average molecular weight is 219 g/mol. The number of hydrogen-bond donors (Lipinski definition) is 1. The molecule has 0 radical (unpaired) electrons. The summed E-state index contributed by atoms with van der Waals surface area (Å²) in [4.78, 5) is 18.2. The van der Waals surface area contributed by atoms with E-state index in [1.807, 2.05) is 31.0 Å². The van der Waals surface area contributed by atoms with Gasteiger partial charge in [0, 0.05) is 25.3 Å². The van der Waals surface area contributed by atoms with Crippen molar-refractivity contribution in [1.82, 2.24) is 15.2 Å². The molecular weight excluding hydrogens is 202 g/mol. The van der Waals surface area contributed by atoms with Gasteiger partial charge >= 0.3 is 0 Å². The van der Waals surface area contributed by atoms with Crippen LogP contribution in [0.1, 0.15) is 22.5 Å². The highest BCUT2D eigenvalue weighted by atomic mass is 16.2. The maximum absolute atomic E-state index is 12.2. The molecule has 0 aliphatic carbocycles. The lowest BCUT2D eigenvalue weighted by Gasteiger charge is -2.16. The second-order valence-electron chi connectivity index (χ2n) is 4.19. The quantitative estimate of drug-likeness (QED) is 0.801. The minimum atomic E-state index is 0.0517. The van der Waals surface area contributed by atoms with Crippen LogP contribution in [0, 0.1) is 6.92 Å². The molecule has 1 amide bonds. The minimum absolute atomic E-state index is 0.0517. The third kappa shape index (κ3) is 2.07. The van der Waals surface area contributed by atoms with Crippen molar-refractivity contribution in [3.8, 4) is 0 Å². The van der Waals surface area contributed by atoms with Crippen molar-refractivity contribution in [2.45, 2.75) is 19.4 Å². The topological polar surface area (TPSA) is 45.2 Å². The molecule has 0 aromatic carbocycles. The molecule has 0 bridgehead atoms. The van der Waals surface area contributed by atoms with Crippen LogP contribution in [-0.2, 0) is 0 Å². The number of pyridine rings is 1. The Morgan fingerprint density at radius 3 is 3.06 bits per heavy atom. The number of hydrogen-bond acceptors (Lipinski definition) is 3. The summed E-state index contributed by atoms with van der Waals surface area (Å²) in [5.74, 6) is 0.0517. The van der Waals surface area contributed by atoms with Gasteiger partial charge in [-0.25, -0.2) is 0 Å². The fraction of sp³-hybridized carbons (Fsp3) is 0.500. The molecule has 2 rings (SSSR count). The molecule has 1 aliphatic rings. The molecule has 0 saturated carbocycles. The molecule has 16 heavy (non-hydrogen) atoms. The molecule has 1 unspecified atom stereocenters. The summed E-state index contributed by atoms with van der Waals surface area (Å²) in [6.45, 7) is 3.53. The molecule has 4 nitrogen and oxygen atoms in total. The lowest BCUT2D eigenvalue weighted by Crippen LogP contribution is -2.34. The van der Waals surface area contributed by atoms with Gasteiger partial charge in [-0.05, 0) is 32.0 Å². The van der Waals surface area contributed by atoms with Crippen LogP contribution in [-0.4, -0.2) is 42.0 Å². The van der Waals surface area contributed by atoms with Crippen molar-refractivity contribution in [2.75, 3.05) is 20.1 Å². The smallest absolute Gasteiger partial charge is 0.272 e. The average Bonchev–Trinajstić information content (AvgIpc) is 2.77. The van der Waals surface area contributed by atoms with Crippen LogP contribution in [0.25, 0.3) is 0 Å². The van der Waals surface area contributed by atoms with Crippen LogP contribution >= 0.6 is 0 Å². The zero-order valence-electron chi connectivity index (χ0n) is 9.73. The number of carbonyl (C=O) groups excluding carboxylic acids is 1. The van der Waals surface area contributed by atoms with Crippen LogP contribution in [0.3, 0.4) is 0 Å². The monoisotopic (exact) mass is 219 g/mol. The van der Waals surface area contributed by atoms with Crippen molar-refractivity contribution in [3.05, 3.63) is 29.6 Å². The normalized spacial score (nSPS) is 20.1. The number of aryl methyl sites for hydroxylation is 1. The van der Waals surface area contributed by atoms with E-state index in [1.165, 1.54) is 0 Å². The summed E-state index contributed by atoms with van der Waals surface area (Å²) in [5, 5.41) is 3.20. The molecule has 1 fully saturated rings. The van der Waals surface area contributed by atoms with Gasteiger partial charge in [0.15, 0.2) is 0 Å². The Morgan fingerprint density at radius 1 is 1.62 bits per heavy atom. The predicted molar refractivity (Wildman–Crippen MR) is 62.3 cm³/mol. The summed E-state index contributed by atoms with van der Waals surface area (Å²) < 4.78 is 0.